The van der Waals surface area contributed by atoms with E-state index in [4.69, 9.17) is 5.11 Å². The molecule has 0 aromatic heterocycles. The Labute approximate surface area is 143 Å². The molecule has 24 heavy (non-hydrogen) atoms. The summed E-state index contributed by atoms with van der Waals surface area (Å²) in [4.78, 5) is 34.4. The van der Waals surface area contributed by atoms with Crippen molar-refractivity contribution in [3.05, 3.63) is 32.3 Å². The van der Waals surface area contributed by atoms with Crippen LogP contribution in [-0.2, 0) is 15.0 Å². The number of amides is 1. The van der Waals surface area contributed by atoms with Gasteiger partial charge in [-0.3, -0.25) is 14.9 Å². The molecule has 0 bridgehead atoms. The van der Waals surface area contributed by atoms with E-state index in [9.17, 15) is 32.0 Å². The van der Waals surface area contributed by atoms with Crippen molar-refractivity contribution in [3.8, 4) is 0 Å². The van der Waals surface area contributed by atoms with Gasteiger partial charge in [0.1, 0.15) is 5.69 Å². The molecule has 1 aliphatic rings. The number of nitro benzene ring substituents is 1. The molecule has 1 aromatic rings. The molecular weight excluding hydrogens is 415 g/mol. The molecule has 0 spiro atoms. The van der Waals surface area contributed by atoms with Crippen molar-refractivity contribution >= 4 is 49.4 Å². The average molecular weight is 425 g/mol. The zero-order chi connectivity index (χ0) is 18.2. The maximum absolute atomic E-state index is 12.8. The predicted molar refractivity (Wildman–Crippen MR) is 83.1 cm³/mol. The summed E-state index contributed by atoms with van der Waals surface area (Å²) in [6.45, 7) is -0.228. The van der Waals surface area contributed by atoms with Crippen molar-refractivity contribution in [3.63, 3.8) is 0 Å². The van der Waals surface area contributed by atoms with Gasteiger partial charge >= 0.3 is 16.2 Å². The van der Waals surface area contributed by atoms with E-state index in [0.29, 0.717) is 0 Å². The van der Waals surface area contributed by atoms with Crippen LogP contribution in [0.25, 0.3) is 0 Å². The summed E-state index contributed by atoms with van der Waals surface area (Å²) >= 11 is 3.00. The number of carboxylic acid groups (broad SMARTS) is 1. The number of nitrogens with zero attached hydrogens (tertiary/aromatic N) is 2. The van der Waals surface area contributed by atoms with Gasteiger partial charge in [-0.05, 0) is 22.0 Å². The molecule has 0 saturated carbocycles. The summed E-state index contributed by atoms with van der Waals surface area (Å²) in [5, 5.41) is 20.2. The molecule has 1 N–H and O–H groups in total. The fourth-order valence-electron chi connectivity index (χ4n) is 2.51. The van der Waals surface area contributed by atoms with Crippen LogP contribution in [0.1, 0.15) is 16.8 Å². The SMILES string of the molecule is O=C(O)c1cc(Br)c(N2CC(CS(=O)(=O)F)CC2=O)c([N+](=O)[O-])c1. The van der Waals surface area contributed by atoms with E-state index in [1.807, 2.05) is 0 Å². The summed E-state index contributed by atoms with van der Waals surface area (Å²) in [6, 6.07) is 1.89. The highest BCUT2D eigenvalue weighted by atomic mass is 79.9. The van der Waals surface area contributed by atoms with Crippen molar-refractivity contribution in [1.29, 1.82) is 0 Å². The van der Waals surface area contributed by atoms with Crippen LogP contribution >= 0.6 is 15.9 Å². The third-order valence-corrected chi connectivity index (χ3v) is 4.87. The lowest BCUT2D eigenvalue weighted by atomic mass is 10.1. The molecule has 130 valence electrons. The normalized spacial score (nSPS) is 18.0. The van der Waals surface area contributed by atoms with Crippen LogP contribution in [-0.4, -0.2) is 42.6 Å². The number of carbonyl (C=O) groups excluding carboxylic acids is 1. The van der Waals surface area contributed by atoms with E-state index in [1.165, 1.54) is 0 Å². The van der Waals surface area contributed by atoms with E-state index in [2.05, 4.69) is 15.9 Å². The quantitative estimate of drug-likeness (QED) is 0.431. The lowest BCUT2D eigenvalue weighted by molar-refractivity contribution is -0.384. The van der Waals surface area contributed by atoms with Gasteiger partial charge in [-0.1, -0.05) is 0 Å². The van der Waals surface area contributed by atoms with Crippen molar-refractivity contribution in [2.75, 3.05) is 17.2 Å². The molecule has 1 atom stereocenters. The highest BCUT2D eigenvalue weighted by Gasteiger charge is 2.38. The minimum absolute atomic E-state index is 0.00814. The van der Waals surface area contributed by atoms with E-state index in [1.54, 1.807) is 0 Å². The molecule has 1 unspecified atom stereocenters. The van der Waals surface area contributed by atoms with Gasteiger partial charge in [0.15, 0.2) is 0 Å². The van der Waals surface area contributed by atoms with Gasteiger partial charge in [-0.2, -0.15) is 8.42 Å². The Bertz CT molecular complexity index is 842. The third-order valence-electron chi connectivity index (χ3n) is 3.40. The fraction of sp³-hybridized carbons (Fsp3) is 0.333. The van der Waals surface area contributed by atoms with Crippen molar-refractivity contribution < 1.29 is 31.9 Å². The molecule has 9 nitrogen and oxygen atoms in total. The van der Waals surface area contributed by atoms with Crippen molar-refractivity contribution in [2.24, 2.45) is 5.92 Å². The van der Waals surface area contributed by atoms with Gasteiger partial charge in [0.2, 0.25) is 5.91 Å². The second-order valence-corrected chi connectivity index (χ2v) is 7.43. The molecule has 2 rings (SSSR count). The van der Waals surface area contributed by atoms with Crippen LogP contribution in [0.5, 0.6) is 0 Å². The van der Waals surface area contributed by atoms with Gasteiger partial charge in [0, 0.05) is 29.4 Å². The molecule has 1 saturated heterocycles. The van der Waals surface area contributed by atoms with Gasteiger partial charge < -0.3 is 10.0 Å². The lowest BCUT2D eigenvalue weighted by Crippen LogP contribution is -2.26. The monoisotopic (exact) mass is 424 g/mol. The lowest BCUT2D eigenvalue weighted by Gasteiger charge is -2.18. The van der Waals surface area contributed by atoms with E-state index < -0.39 is 44.4 Å². The number of carbonyl (C=O) groups is 2. The summed E-state index contributed by atoms with van der Waals surface area (Å²) < 4.78 is 34.2. The first-order valence-corrected chi connectivity index (χ1v) is 8.78. The number of aromatic carboxylic acids is 1. The highest BCUT2D eigenvalue weighted by Crippen LogP contribution is 2.40. The van der Waals surface area contributed by atoms with Crippen LogP contribution in [0.3, 0.4) is 0 Å². The standard InChI is InChI=1S/C12H10BrFN2O7S/c13-8-2-7(12(18)19)3-9(16(20)21)11(8)15-4-6(1-10(15)17)5-24(14,22)23/h2-3,6H,1,4-5H2,(H,18,19). The maximum Gasteiger partial charge on any atom is 0.335 e. The van der Waals surface area contributed by atoms with Crippen LogP contribution in [0, 0.1) is 16.0 Å². The number of benzene rings is 1. The minimum Gasteiger partial charge on any atom is -0.478 e. The average Bonchev–Trinajstić information content (AvgIpc) is 2.75. The Kier molecular flexibility index (Phi) is 4.90. The maximum atomic E-state index is 12.8. The second kappa shape index (κ2) is 6.43. The molecule has 0 radical (unpaired) electrons. The number of nitro groups is 1. The Balaban J connectivity index is 2.46. The Morgan fingerprint density at radius 3 is 2.62 bits per heavy atom. The van der Waals surface area contributed by atoms with Crippen LogP contribution in [0.4, 0.5) is 15.3 Å². The smallest absolute Gasteiger partial charge is 0.335 e. The Morgan fingerprint density at radius 2 is 2.12 bits per heavy atom. The molecular formula is C12H10BrFN2O7S. The molecule has 1 fully saturated rings. The van der Waals surface area contributed by atoms with Crippen molar-refractivity contribution in [2.45, 2.75) is 6.42 Å². The number of rotatable bonds is 5. The zero-order valence-electron chi connectivity index (χ0n) is 11.8. The van der Waals surface area contributed by atoms with E-state index >= 15 is 0 Å². The fourth-order valence-corrected chi connectivity index (χ4v) is 3.96. The van der Waals surface area contributed by atoms with Crippen LogP contribution in [0.2, 0.25) is 0 Å². The summed E-state index contributed by atoms with van der Waals surface area (Å²) in [5.74, 6) is -3.72. The molecule has 12 heteroatoms. The summed E-state index contributed by atoms with van der Waals surface area (Å²) in [6.07, 6.45) is -0.284. The minimum atomic E-state index is -4.79. The molecule has 1 aromatic carbocycles. The summed E-state index contributed by atoms with van der Waals surface area (Å²) in [7, 11) is -4.79. The zero-order valence-corrected chi connectivity index (χ0v) is 14.2. The first-order valence-electron chi connectivity index (χ1n) is 6.43. The van der Waals surface area contributed by atoms with Gasteiger partial charge in [0.05, 0.1) is 16.2 Å². The predicted octanol–water partition coefficient (Wildman–Crippen LogP) is 1.71. The highest BCUT2D eigenvalue weighted by molar-refractivity contribution is 9.10. The number of anilines is 1. The number of hydrogen-bond donors (Lipinski definition) is 1. The van der Waals surface area contributed by atoms with Crippen molar-refractivity contribution in [1.82, 2.24) is 0 Å². The van der Waals surface area contributed by atoms with Gasteiger partial charge in [-0.15, -0.1) is 3.89 Å². The molecule has 0 aliphatic carbocycles. The first kappa shape index (κ1) is 18.3. The Morgan fingerprint density at radius 1 is 1.50 bits per heavy atom. The van der Waals surface area contributed by atoms with Gasteiger partial charge in [-0.25, -0.2) is 4.79 Å². The third kappa shape index (κ3) is 3.87. The van der Waals surface area contributed by atoms with E-state index in [0.717, 1.165) is 17.0 Å². The number of carboxylic acids is 1. The van der Waals surface area contributed by atoms with Gasteiger partial charge in [0.25, 0.3) is 5.69 Å². The molecule has 1 heterocycles. The van der Waals surface area contributed by atoms with Crippen LogP contribution < -0.4 is 4.90 Å². The molecule has 1 aliphatic heterocycles. The van der Waals surface area contributed by atoms with E-state index in [-0.39, 0.29) is 28.7 Å². The second-order valence-electron chi connectivity index (χ2n) is 5.17. The largest absolute Gasteiger partial charge is 0.478 e. The number of hydrogen-bond acceptors (Lipinski definition) is 6. The molecule has 1 amide bonds. The first-order chi connectivity index (χ1) is 11.0. The topological polar surface area (TPSA) is 135 Å². The summed E-state index contributed by atoms with van der Waals surface area (Å²) in [5.41, 5.74) is -1.17. The number of halogens is 2. The van der Waals surface area contributed by atoms with Crippen LogP contribution in [0.15, 0.2) is 16.6 Å². The Hall–Kier alpha value is -2.08.